The third-order valence-corrected chi connectivity index (χ3v) is 4.01. The number of nitrogens with zero attached hydrogens (tertiary/aromatic N) is 1. The third-order valence-electron chi connectivity index (χ3n) is 3.76. The number of nitro groups is 1. The Morgan fingerprint density at radius 2 is 1.92 bits per heavy atom. The maximum Gasteiger partial charge on any atom is 0.293 e. The van der Waals surface area contributed by atoms with Crippen LogP contribution in [0.4, 0.5) is 11.4 Å². The summed E-state index contributed by atoms with van der Waals surface area (Å²) in [6, 6.07) is 11.9. The van der Waals surface area contributed by atoms with E-state index in [4.69, 9.17) is 11.6 Å². The number of hydrogen-bond donors (Lipinski definition) is 2. The van der Waals surface area contributed by atoms with Crippen LogP contribution in [0.5, 0.6) is 0 Å². The summed E-state index contributed by atoms with van der Waals surface area (Å²) in [5.41, 5.74) is 1.53. The molecule has 1 saturated carbocycles. The average Bonchev–Trinajstić information content (AvgIpc) is 3.38. The van der Waals surface area contributed by atoms with E-state index in [0.29, 0.717) is 23.3 Å². The Labute approximate surface area is 144 Å². The van der Waals surface area contributed by atoms with Gasteiger partial charge in [-0.3, -0.25) is 14.9 Å². The van der Waals surface area contributed by atoms with Crippen molar-refractivity contribution < 1.29 is 9.72 Å². The maximum absolute atomic E-state index is 12.2. The number of nitrogens with one attached hydrogen (secondary N) is 2. The second-order valence-electron chi connectivity index (χ2n) is 5.72. The molecule has 1 aliphatic carbocycles. The van der Waals surface area contributed by atoms with Crippen LogP contribution >= 0.6 is 11.6 Å². The van der Waals surface area contributed by atoms with E-state index in [1.807, 2.05) is 12.1 Å². The maximum atomic E-state index is 12.2. The van der Waals surface area contributed by atoms with E-state index >= 15 is 0 Å². The van der Waals surface area contributed by atoms with Crippen molar-refractivity contribution in [2.75, 3.05) is 5.32 Å². The fraction of sp³-hybridized carbons (Fsp3) is 0.235. The van der Waals surface area contributed by atoms with E-state index in [-0.39, 0.29) is 17.2 Å². The number of hydrogen-bond acceptors (Lipinski definition) is 4. The number of rotatable bonds is 6. The topological polar surface area (TPSA) is 84.3 Å². The Bertz CT molecular complexity index is 773. The van der Waals surface area contributed by atoms with Gasteiger partial charge in [-0.15, -0.1) is 0 Å². The molecule has 0 atom stereocenters. The monoisotopic (exact) mass is 345 g/mol. The molecule has 0 radical (unpaired) electrons. The van der Waals surface area contributed by atoms with Crippen molar-refractivity contribution >= 4 is 28.9 Å². The van der Waals surface area contributed by atoms with Crippen molar-refractivity contribution in [2.45, 2.75) is 25.4 Å². The van der Waals surface area contributed by atoms with Crippen LogP contribution in [-0.2, 0) is 6.54 Å². The van der Waals surface area contributed by atoms with Crippen LogP contribution < -0.4 is 10.6 Å². The molecule has 0 aliphatic heterocycles. The predicted molar refractivity (Wildman–Crippen MR) is 92.4 cm³/mol. The molecular formula is C17H16ClN3O3. The number of carbonyl (C=O) groups is 1. The van der Waals surface area contributed by atoms with Crippen LogP contribution in [-0.4, -0.2) is 16.9 Å². The second kappa shape index (κ2) is 6.88. The molecule has 1 amide bonds. The SMILES string of the molecule is O=C(NCc1ccc(Cl)cc1)c1ccc(NC2CC2)c([N+](=O)[O-])c1. The lowest BCUT2D eigenvalue weighted by Crippen LogP contribution is -2.23. The van der Waals surface area contributed by atoms with Gasteiger partial charge in [0.05, 0.1) is 4.92 Å². The quantitative estimate of drug-likeness (QED) is 0.616. The van der Waals surface area contributed by atoms with E-state index in [9.17, 15) is 14.9 Å². The van der Waals surface area contributed by atoms with Crippen LogP contribution in [0.3, 0.4) is 0 Å². The highest BCUT2D eigenvalue weighted by molar-refractivity contribution is 6.30. The molecule has 0 unspecified atom stereocenters. The summed E-state index contributed by atoms with van der Waals surface area (Å²) < 4.78 is 0. The fourth-order valence-corrected chi connectivity index (χ4v) is 2.41. The smallest absolute Gasteiger partial charge is 0.293 e. The zero-order valence-electron chi connectivity index (χ0n) is 12.8. The normalized spacial score (nSPS) is 13.4. The largest absolute Gasteiger partial charge is 0.377 e. The number of carbonyl (C=O) groups excluding carboxylic acids is 1. The van der Waals surface area contributed by atoms with E-state index in [0.717, 1.165) is 18.4 Å². The Hall–Kier alpha value is -2.60. The first kappa shape index (κ1) is 16.3. The summed E-state index contributed by atoms with van der Waals surface area (Å²) in [4.78, 5) is 23.0. The summed E-state index contributed by atoms with van der Waals surface area (Å²) in [7, 11) is 0. The molecular weight excluding hydrogens is 330 g/mol. The van der Waals surface area contributed by atoms with Gasteiger partial charge in [-0.1, -0.05) is 23.7 Å². The Morgan fingerprint density at radius 1 is 1.21 bits per heavy atom. The van der Waals surface area contributed by atoms with Gasteiger partial charge in [0.2, 0.25) is 0 Å². The highest BCUT2D eigenvalue weighted by Crippen LogP contribution is 2.31. The molecule has 2 N–H and O–H groups in total. The molecule has 3 rings (SSSR count). The molecule has 2 aromatic rings. The van der Waals surface area contributed by atoms with E-state index < -0.39 is 4.92 Å². The van der Waals surface area contributed by atoms with Gasteiger partial charge in [0, 0.05) is 29.2 Å². The summed E-state index contributed by atoms with van der Waals surface area (Å²) in [6.45, 7) is 0.325. The number of benzene rings is 2. The molecule has 24 heavy (non-hydrogen) atoms. The van der Waals surface area contributed by atoms with Gasteiger partial charge in [0.25, 0.3) is 11.6 Å². The number of halogens is 1. The van der Waals surface area contributed by atoms with Crippen LogP contribution in [0, 0.1) is 10.1 Å². The van der Waals surface area contributed by atoms with E-state index in [1.54, 1.807) is 24.3 Å². The highest BCUT2D eigenvalue weighted by atomic mass is 35.5. The van der Waals surface area contributed by atoms with Crippen LogP contribution in [0.25, 0.3) is 0 Å². The van der Waals surface area contributed by atoms with Crippen molar-refractivity contribution in [2.24, 2.45) is 0 Å². The van der Waals surface area contributed by atoms with Crippen molar-refractivity contribution in [3.63, 3.8) is 0 Å². The molecule has 1 fully saturated rings. The second-order valence-corrected chi connectivity index (χ2v) is 6.15. The number of anilines is 1. The summed E-state index contributed by atoms with van der Waals surface area (Å²) in [6.07, 6.45) is 2.03. The molecule has 124 valence electrons. The molecule has 7 heteroatoms. The summed E-state index contributed by atoms with van der Waals surface area (Å²) in [5, 5.41) is 17.7. The molecule has 0 heterocycles. The lowest BCUT2D eigenvalue weighted by Gasteiger charge is -2.09. The Kier molecular flexibility index (Phi) is 4.66. The zero-order chi connectivity index (χ0) is 17.1. The van der Waals surface area contributed by atoms with Crippen molar-refractivity contribution in [3.8, 4) is 0 Å². The standard InChI is InChI=1S/C17H16ClN3O3/c18-13-4-1-11(2-5-13)10-19-17(22)12-3-8-15(20-14-6-7-14)16(9-12)21(23)24/h1-5,8-9,14,20H,6-7,10H2,(H,19,22). The molecule has 0 spiro atoms. The minimum atomic E-state index is -0.472. The van der Waals surface area contributed by atoms with E-state index in [2.05, 4.69) is 10.6 Å². The fourth-order valence-electron chi connectivity index (χ4n) is 2.28. The molecule has 0 aromatic heterocycles. The minimum Gasteiger partial charge on any atom is -0.377 e. The van der Waals surface area contributed by atoms with Crippen LogP contribution in [0.2, 0.25) is 5.02 Å². The van der Waals surface area contributed by atoms with Crippen LogP contribution in [0.1, 0.15) is 28.8 Å². The van der Waals surface area contributed by atoms with Crippen molar-refractivity contribution in [3.05, 3.63) is 68.7 Å². The van der Waals surface area contributed by atoms with Gasteiger partial charge >= 0.3 is 0 Å². The average molecular weight is 346 g/mol. The van der Waals surface area contributed by atoms with Crippen molar-refractivity contribution in [1.29, 1.82) is 0 Å². The third kappa shape index (κ3) is 4.02. The van der Waals surface area contributed by atoms with Gasteiger partial charge in [0.15, 0.2) is 0 Å². The molecule has 0 saturated heterocycles. The lowest BCUT2D eigenvalue weighted by atomic mass is 10.1. The molecule has 0 bridgehead atoms. The van der Waals surface area contributed by atoms with Gasteiger partial charge in [-0.05, 0) is 42.7 Å². The minimum absolute atomic E-state index is 0.0824. The first-order chi connectivity index (χ1) is 11.5. The molecule has 2 aromatic carbocycles. The van der Waals surface area contributed by atoms with E-state index in [1.165, 1.54) is 6.07 Å². The number of nitro benzene ring substituents is 1. The first-order valence-electron chi connectivity index (χ1n) is 7.60. The van der Waals surface area contributed by atoms with Gasteiger partial charge in [-0.25, -0.2) is 0 Å². The number of amides is 1. The van der Waals surface area contributed by atoms with Gasteiger partial charge in [-0.2, -0.15) is 0 Å². The predicted octanol–water partition coefficient (Wildman–Crippen LogP) is 3.75. The summed E-state index contributed by atoms with van der Waals surface area (Å²) in [5.74, 6) is -0.356. The van der Waals surface area contributed by atoms with Gasteiger partial charge < -0.3 is 10.6 Å². The highest BCUT2D eigenvalue weighted by Gasteiger charge is 2.25. The first-order valence-corrected chi connectivity index (χ1v) is 7.98. The van der Waals surface area contributed by atoms with Crippen LogP contribution in [0.15, 0.2) is 42.5 Å². The molecule has 1 aliphatic rings. The van der Waals surface area contributed by atoms with Crippen molar-refractivity contribution in [1.82, 2.24) is 5.32 Å². The Balaban J connectivity index is 1.70. The summed E-state index contributed by atoms with van der Waals surface area (Å²) >= 11 is 5.82. The lowest BCUT2D eigenvalue weighted by molar-refractivity contribution is -0.384. The Morgan fingerprint density at radius 3 is 2.54 bits per heavy atom. The van der Waals surface area contributed by atoms with Gasteiger partial charge in [0.1, 0.15) is 5.69 Å². The zero-order valence-corrected chi connectivity index (χ0v) is 13.5. The molecule has 6 nitrogen and oxygen atoms in total.